The molecule has 1 aromatic heterocycles. The lowest BCUT2D eigenvalue weighted by molar-refractivity contribution is -0.194. The van der Waals surface area contributed by atoms with Gasteiger partial charge in [-0.1, -0.05) is 41.9 Å². The van der Waals surface area contributed by atoms with E-state index in [-0.39, 0.29) is 11.8 Å². The number of carboxylic acids is 1. The summed E-state index contributed by atoms with van der Waals surface area (Å²) in [5.74, 6) is 0.252. The maximum Gasteiger partial charge on any atom is 0.352 e. The minimum atomic E-state index is -1.01. The molecule has 3 aromatic carbocycles. The van der Waals surface area contributed by atoms with Crippen molar-refractivity contribution in [1.29, 1.82) is 0 Å². The van der Waals surface area contributed by atoms with E-state index in [4.69, 9.17) is 26.1 Å². The number of aromatic carboxylic acids is 1. The molecule has 1 atom stereocenters. The molecule has 0 saturated carbocycles. The van der Waals surface area contributed by atoms with Crippen molar-refractivity contribution in [3.8, 4) is 11.5 Å². The van der Waals surface area contributed by atoms with Gasteiger partial charge in [0.2, 0.25) is 0 Å². The van der Waals surface area contributed by atoms with Gasteiger partial charge in [0.25, 0.3) is 0 Å². The number of carbonyl (C=O) groups is 1. The van der Waals surface area contributed by atoms with Crippen molar-refractivity contribution < 1.29 is 24.4 Å². The van der Waals surface area contributed by atoms with Gasteiger partial charge < -0.3 is 19.3 Å². The first kappa shape index (κ1) is 20.4. The Labute approximate surface area is 189 Å². The molecule has 162 valence electrons. The number of nitrogens with zero attached hydrogens (tertiary/aromatic N) is 1. The van der Waals surface area contributed by atoms with E-state index in [1.807, 2.05) is 61.5 Å². The number of ether oxygens (including phenoxy) is 1. The maximum atomic E-state index is 12.0. The van der Waals surface area contributed by atoms with Gasteiger partial charge in [0.1, 0.15) is 24.2 Å². The number of carboxylic acid groups (broad SMARTS) is 1. The summed E-state index contributed by atoms with van der Waals surface area (Å²) in [4.78, 5) is 22.1. The van der Waals surface area contributed by atoms with Crippen LogP contribution >= 0.6 is 11.6 Å². The largest absolute Gasteiger partial charge is 0.486 e. The lowest BCUT2D eigenvalue weighted by Gasteiger charge is -2.15. The van der Waals surface area contributed by atoms with Crippen LogP contribution in [0.1, 0.15) is 40.2 Å². The zero-order chi connectivity index (χ0) is 22.2. The first-order valence-electron chi connectivity index (χ1n) is 10.2. The van der Waals surface area contributed by atoms with Crippen molar-refractivity contribution >= 4 is 28.5 Å². The van der Waals surface area contributed by atoms with Crippen molar-refractivity contribution in [2.45, 2.75) is 26.2 Å². The molecule has 0 bridgehead atoms. The van der Waals surface area contributed by atoms with Crippen LogP contribution in [0.15, 0.2) is 66.7 Å². The molecule has 0 amide bonds. The molecule has 0 saturated heterocycles. The molecule has 4 aromatic rings. The fraction of sp³-hybridized carbons (Fsp3) is 0.160. The Hall–Kier alpha value is -3.48. The second-order valence-electron chi connectivity index (χ2n) is 7.71. The molecular formula is C25H20ClNO5. The van der Waals surface area contributed by atoms with Gasteiger partial charge in [0.05, 0.1) is 0 Å². The van der Waals surface area contributed by atoms with E-state index in [0.717, 1.165) is 27.6 Å². The van der Waals surface area contributed by atoms with Gasteiger partial charge in [-0.25, -0.2) is 4.79 Å². The van der Waals surface area contributed by atoms with E-state index in [9.17, 15) is 9.90 Å². The van der Waals surface area contributed by atoms with E-state index in [0.29, 0.717) is 29.7 Å². The molecule has 5 rings (SSSR count). The Morgan fingerprint density at radius 3 is 2.75 bits per heavy atom. The summed E-state index contributed by atoms with van der Waals surface area (Å²) >= 11 is 6.43. The third kappa shape index (κ3) is 3.79. The Bertz CT molecular complexity index is 1320. The summed E-state index contributed by atoms with van der Waals surface area (Å²) in [6, 6.07) is 20.8. The molecular weight excluding hydrogens is 430 g/mol. The van der Waals surface area contributed by atoms with Gasteiger partial charge in [0.15, 0.2) is 5.75 Å². The van der Waals surface area contributed by atoms with Crippen LogP contribution in [-0.4, -0.2) is 15.6 Å². The van der Waals surface area contributed by atoms with Crippen LogP contribution in [0.4, 0.5) is 0 Å². The molecule has 0 fully saturated rings. The molecule has 6 nitrogen and oxygen atoms in total. The number of hydrogen-bond donors (Lipinski definition) is 1. The highest BCUT2D eigenvalue weighted by Gasteiger charge is 2.20. The summed E-state index contributed by atoms with van der Waals surface area (Å²) in [5.41, 5.74) is 3.69. The van der Waals surface area contributed by atoms with Crippen LogP contribution < -0.4 is 9.62 Å². The summed E-state index contributed by atoms with van der Waals surface area (Å²) < 4.78 is 7.84. The Morgan fingerprint density at radius 2 is 1.97 bits per heavy atom. The summed E-state index contributed by atoms with van der Waals surface area (Å²) in [6.07, 6.45) is -0.135. The SMILES string of the molecule is C[C@@H](Oc1ccc2c(c1)cc(C(=O)O)n2Cc1cc2c(cc1Cl)OOC2)c1ccccc1. The Morgan fingerprint density at radius 1 is 1.16 bits per heavy atom. The minimum Gasteiger partial charge on any atom is -0.486 e. The molecule has 1 N–H and O–H groups in total. The average molecular weight is 450 g/mol. The van der Waals surface area contributed by atoms with Crippen molar-refractivity contribution in [1.82, 2.24) is 4.57 Å². The fourth-order valence-corrected chi connectivity index (χ4v) is 4.17. The number of rotatable bonds is 6. The summed E-state index contributed by atoms with van der Waals surface area (Å²) in [5, 5.41) is 11.1. The van der Waals surface area contributed by atoms with E-state index in [1.54, 1.807) is 16.7 Å². The van der Waals surface area contributed by atoms with Gasteiger partial charge in [-0.3, -0.25) is 0 Å². The van der Waals surface area contributed by atoms with Gasteiger partial charge in [-0.05, 0) is 48.4 Å². The molecule has 1 aliphatic rings. The van der Waals surface area contributed by atoms with E-state index in [2.05, 4.69) is 0 Å². The number of halogens is 1. The fourth-order valence-electron chi connectivity index (χ4n) is 3.96. The van der Waals surface area contributed by atoms with Crippen molar-refractivity contribution in [2.75, 3.05) is 0 Å². The van der Waals surface area contributed by atoms with Gasteiger partial charge in [0, 0.05) is 34.1 Å². The van der Waals surface area contributed by atoms with Crippen LogP contribution in [0.25, 0.3) is 10.9 Å². The molecule has 2 heterocycles. The summed E-state index contributed by atoms with van der Waals surface area (Å²) in [7, 11) is 0. The highest BCUT2D eigenvalue weighted by molar-refractivity contribution is 6.31. The van der Waals surface area contributed by atoms with E-state index in [1.165, 1.54) is 0 Å². The van der Waals surface area contributed by atoms with E-state index >= 15 is 0 Å². The minimum absolute atomic E-state index is 0.135. The van der Waals surface area contributed by atoms with Gasteiger partial charge in [-0.2, -0.15) is 4.89 Å². The first-order chi connectivity index (χ1) is 15.5. The van der Waals surface area contributed by atoms with E-state index < -0.39 is 5.97 Å². The molecule has 1 aliphatic heterocycles. The molecule has 0 aliphatic carbocycles. The van der Waals surface area contributed by atoms with Gasteiger partial charge >= 0.3 is 5.97 Å². The second kappa shape index (κ2) is 8.22. The van der Waals surface area contributed by atoms with Gasteiger partial charge in [-0.15, -0.1) is 0 Å². The standard InChI is InChI=1S/C25H20ClNO5/c1-15(16-5-3-2-4-6-16)31-20-7-8-22-17(10-20)11-23(25(28)29)27(22)13-18-9-19-14-30-32-24(19)12-21(18)26/h2-12,15H,13-14H2,1H3,(H,28,29)/t15-/m1/s1. The predicted molar refractivity (Wildman–Crippen MR) is 120 cm³/mol. The normalized spacial score (nSPS) is 13.6. The topological polar surface area (TPSA) is 69.9 Å². The average Bonchev–Trinajstić information content (AvgIpc) is 3.38. The highest BCUT2D eigenvalue weighted by atomic mass is 35.5. The Balaban J connectivity index is 1.49. The maximum absolute atomic E-state index is 12.0. The third-order valence-corrected chi connectivity index (χ3v) is 5.95. The first-order valence-corrected chi connectivity index (χ1v) is 10.6. The third-order valence-electron chi connectivity index (χ3n) is 5.59. The second-order valence-corrected chi connectivity index (χ2v) is 8.12. The van der Waals surface area contributed by atoms with Crippen molar-refractivity contribution in [2.24, 2.45) is 0 Å². The van der Waals surface area contributed by atoms with Crippen LogP contribution in [0.3, 0.4) is 0 Å². The number of hydrogen-bond acceptors (Lipinski definition) is 4. The van der Waals surface area contributed by atoms with Crippen molar-refractivity contribution in [3.63, 3.8) is 0 Å². The van der Waals surface area contributed by atoms with Crippen LogP contribution in [0.2, 0.25) is 5.02 Å². The van der Waals surface area contributed by atoms with Crippen LogP contribution in [0, 0.1) is 0 Å². The number of aromatic nitrogens is 1. The molecule has 0 spiro atoms. The molecule has 32 heavy (non-hydrogen) atoms. The smallest absolute Gasteiger partial charge is 0.352 e. The number of fused-ring (bicyclic) bond motifs is 2. The van der Waals surface area contributed by atoms with Crippen LogP contribution in [-0.2, 0) is 18.0 Å². The summed E-state index contributed by atoms with van der Waals surface area (Å²) in [6.45, 7) is 2.62. The quantitative estimate of drug-likeness (QED) is 0.365. The van der Waals surface area contributed by atoms with Crippen molar-refractivity contribution in [3.05, 3.63) is 94.1 Å². The molecule has 0 unspecified atom stereocenters. The lowest BCUT2D eigenvalue weighted by atomic mass is 10.1. The predicted octanol–water partition coefficient (Wildman–Crippen LogP) is 6.01. The van der Waals surface area contributed by atoms with Crippen LogP contribution in [0.5, 0.6) is 11.5 Å². The highest BCUT2D eigenvalue weighted by Crippen LogP contribution is 2.34. The number of benzene rings is 3. The monoisotopic (exact) mass is 449 g/mol. The zero-order valence-electron chi connectivity index (χ0n) is 17.2. The molecule has 0 radical (unpaired) electrons. The Kier molecular flexibility index (Phi) is 5.25. The molecule has 7 heteroatoms. The lowest BCUT2D eigenvalue weighted by Crippen LogP contribution is -2.10. The zero-order valence-corrected chi connectivity index (χ0v) is 18.0.